The fourth-order valence-corrected chi connectivity index (χ4v) is 1.28. The first-order valence-electron chi connectivity index (χ1n) is 4.13. The Morgan fingerprint density at radius 2 is 2.23 bits per heavy atom. The maximum absolute atomic E-state index is 11.4. The molecule has 3 heteroatoms. The molecule has 0 aromatic rings. The first-order valence-corrected chi connectivity index (χ1v) is 4.13. The van der Waals surface area contributed by atoms with Crippen molar-refractivity contribution in [1.29, 1.82) is 0 Å². The molecule has 0 fully saturated rings. The normalized spacial score (nSPS) is 18.5. The van der Waals surface area contributed by atoms with Gasteiger partial charge >= 0.3 is 0 Å². The Morgan fingerprint density at radius 1 is 1.62 bits per heavy atom. The lowest BCUT2D eigenvalue weighted by Gasteiger charge is -2.20. The van der Waals surface area contributed by atoms with Crippen LogP contribution in [0.3, 0.4) is 0 Å². The fraction of sp³-hybridized carbons (Fsp3) is 0.400. The van der Waals surface area contributed by atoms with Gasteiger partial charge in [-0.05, 0) is 13.3 Å². The van der Waals surface area contributed by atoms with Gasteiger partial charge < -0.3 is 0 Å². The molecule has 1 unspecified atom stereocenters. The zero-order valence-corrected chi connectivity index (χ0v) is 7.70. The van der Waals surface area contributed by atoms with E-state index < -0.39 is 6.04 Å². The third-order valence-corrected chi connectivity index (χ3v) is 2.02. The second-order valence-corrected chi connectivity index (χ2v) is 2.93. The smallest absolute Gasteiger partial charge is 0.257 e. The molecule has 0 N–H and O–H groups in total. The molecule has 0 bridgehead atoms. The van der Waals surface area contributed by atoms with Crippen molar-refractivity contribution in [3.8, 4) is 12.3 Å². The predicted molar refractivity (Wildman–Crippen MR) is 48.5 cm³/mol. The van der Waals surface area contributed by atoms with Gasteiger partial charge in [0.25, 0.3) is 11.8 Å². The van der Waals surface area contributed by atoms with Gasteiger partial charge in [0, 0.05) is 11.6 Å². The molecule has 68 valence electrons. The maximum Gasteiger partial charge on any atom is 0.257 e. The van der Waals surface area contributed by atoms with E-state index in [4.69, 9.17) is 6.42 Å². The summed E-state index contributed by atoms with van der Waals surface area (Å²) >= 11 is 0. The van der Waals surface area contributed by atoms with E-state index in [2.05, 4.69) is 5.92 Å². The zero-order chi connectivity index (χ0) is 10.0. The van der Waals surface area contributed by atoms with Crippen LogP contribution >= 0.6 is 0 Å². The summed E-state index contributed by atoms with van der Waals surface area (Å²) in [6, 6.07) is -0.409. The number of terminal acetylenes is 1. The van der Waals surface area contributed by atoms with Gasteiger partial charge in [0.15, 0.2) is 0 Å². The van der Waals surface area contributed by atoms with E-state index in [-0.39, 0.29) is 11.8 Å². The van der Waals surface area contributed by atoms with Gasteiger partial charge in [-0.15, -0.1) is 6.42 Å². The van der Waals surface area contributed by atoms with Crippen LogP contribution in [0.4, 0.5) is 0 Å². The molecule has 0 saturated heterocycles. The molecule has 0 aliphatic carbocycles. The molecular weight excluding hydrogens is 166 g/mol. The molecule has 0 aromatic heterocycles. The molecule has 0 spiro atoms. The Labute approximate surface area is 77.4 Å². The third-order valence-electron chi connectivity index (χ3n) is 2.02. The number of carbonyl (C=O) groups excluding carboxylic acids is 2. The van der Waals surface area contributed by atoms with E-state index in [1.807, 2.05) is 6.92 Å². The van der Waals surface area contributed by atoms with Crippen LogP contribution in [0.5, 0.6) is 0 Å². The monoisotopic (exact) mass is 177 g/mol. The van der Waals surface area contributed by atoms with Crippen LogP contribution in [-0.4, -0.2) is 22.8 Å². The van der Waals surface area contributed by atoms with Crippen molar-refractivity contribution in [3.63, 3.8) is 0 Å². The molecule has 1 aliphatic heterocycles. The molecule has 1 heterocycles. The van der Waals surface area contributed by atoms with Crippen LogP contribution < -0.4 is 0 Å². The van der Waals surface area contributed by atoms with Crippen molar-refractivity contribution in [3.05, 3.63) is 11.6 Å². The Bertz CT molecular complexity index is 322. The second-order valence-electron chi connectivity index (χ2n) is 2.93. The van der Waals surface area contributed by atoms with Crippen LogP contribution in [0.2, 0.25) is 0 Å². The molecule has 1 rings (SSSR count). The number of hydrogen-bond donors (Lipinski definition) is 0. The summed E-state index contributed by atoms with van der Waals surface area (Å²) in [5.41, 5.74) is 0.457. The SMILES string of the molecule is C#CC(CC)N1C(=O)C=C(C)C1=O. The summed E-state index contributed by atoms with van der Waals surface area (Å²) in [7, 11) is 0. The highest BCUT2D eigenvalue weighted by Crippen LogP contribution is 2.16. The molecule has 13 heavy (non-hydrogen) atoms. The summed E-state index contributed by atoms with van der Waals surface area (Å²) in [5, 5.41) is 0. The average Bonchev–Trinajstić information content (AvgIpc) is 2.34. The Kier molecular flexibility index (Phi) is 2.52. The molecule has 0 radical (unpaired) electrons. The minimum Gasteiger partial charge on any atom is -0.269 e. The van der Waals surface area contributed by atoms with Crippen molar-refractivity contribution in [2.45, 2.75) is 26.3 Å². The van der Waals surface area contributed by atoms with E-state index in [1.165, 1.54) is 6.08 Å². The van der Waals surface area contributed by atoms with Gasteiger partial charge in [-0.3, -0.25) is 14.5 Å². The van der Waals surface area contributed by atoms with E-state index in [0.717, 1.165) is 4.90 Å². The van der Waals surface area contributed by atoms with E-state index in [0.29, 0.717) is 12.0 Å². The zero-order valence-electron chi connectivity index (χ0n) is 7.70. The Morgan fingerprint density at radius 3 is 2.54 bits per heavy atom. The van der Waals surface area contributed by atoms with Crippen molar-refractivity contribution in [2.75, 3.05) is 0 Å². The Hall–Kier alpha value is -1.56. The van der Waals surface area contributed by atoms with Crippen LogP contribution in [0.25, 0.3) is 0 Å². The molecule has 2 amide bonds. The fourth-order valence-electron chi connectivity index (χ4n) is 1.28. The van der Waals surface area contributed by atoms with Crippen molar-refractivity contribution >= 4 is 11.8 Å². The number of hydrogen-bond acceptors (Lipinski definition) is 2. The number of carbonyl (C=O) groups is 2. The van der Waals surface area contributed by atoms with Crippen LogP contribution in [0, 0.1) is 12.3 Å². The summed E-state index contributed by atoms with van der Waals surface area (Å²) in [6.07, 6.45) is 7.13. The number of amides is 2. The molecule has 0 aromatic carbocycles. The van der Waals surface area contributed by atoms with Crippen molar-refractivity contribution in [2.24, 2.45) is 0 Å². The lowest BCUT2D eigenvalue weighted by Crippen LogP contribution is -2.39. The van der Waals surface area contributed by atoms with E-state index in [1.54, 1.807) is 6.92 Å². The van der Waals surface area contributed by atoms with E-state index in [9.17, 15) is 9.59 Å². The van der Waals surface area contributed by atoms with Gasteiger partial charge in [0.2, 0.25) is 0 Å². The minimum absolute atomic E-state index is 0.269. The van der Waals surface area contributed by atoms with E-state index >= 15 is 0 Å². The summed E-state index contributed by atoms with van der Waals surface area (Å²) in [6.45, 7) is 3.46. The standard InChI is InChI=1S/C10H11NO2/c1-4-8(5-2)11-9(12)6-7(3)10(11)13/h1,6,8H,5H2,2-3H3. The predicted octanol–water partition coefficient (Wildman–Crippen LogP) is 0.713. The molecule has 1 atom stereocenters. The van der Waals surface area contributed by atoms with Crippen LogP contribution in [0.15, 0.2) is 11.6 Å². The summed E-state index contributed by atoms with van der Waals surface area (Å²) in [4.78, 5) is 23.8. The van der Waals surface area contributed by atoms with Gasteiger partial charge in [0.1, 0.15) is 6.04 Å². The minimum atomic E-state index is -0.409. The average molecular weight is 177 g/mol. The quantitative estimate of drug-likeness (QED) is 0.460. The lowest BCUT2D eigenvalue weighted by atomic mass is 10.2. The molecular formula is C10H11NO2. The molecule has 0 saturated carbocycles. The van der Waals surface area contributed by atoms with Gasteiger partial charge in [-0.2, -0.15) is 0 Å². The third kappa shape index (κ3) is 1.48. The lowest BCUT2D eigenvalue weighted by molar-refractivity contribution is -0.138. The van der Waals surface area contributed by atoms with Crippen molar-refractivity contribution in [1.82, 2.24) is 4.90 Å². The summed E-state index contributed by atoms with van der Waals surface area (Å²) < 4.78 is 0. The number of nitrogens with zero attached hydrogens (tertiary/aromatic N) is 1. The largest absolute Gasteiger partial charge is 0.269 e. The highest BCUT2D eigenvalue weighted by Gasteiger charge is 2.32. The second kappa shape index (κ2) is 3.44. The number of imide groups is 1. The van der Waals surface area contributed by atoms with Crippen LogP contribution in [-0.2, 0) is 9.59 Å². The first-order chi connectivity index (χ1) is 6.11. The highest BCUT2D eigenvalue weighted by atomic mass is 16.2. The van der Waals surface area contributed by atoms with Gasteiger partial charge in [-0.25, -0.2) is 0 Å². The molecule has 3 nitrogen and oxygen atoms in total. The van der Waals surface area contributed by atoms with Gasteiger partial charge in [-0.1, -0.05) is 12.8 Å². The van der Waals surface area contributed by atoms with Gasteiger partial charge in [0.05, 0.1) is 0 Å². The first kappa shape index (κ1) is 9.53. The maximum atomic E-state index is 11.4. The summed E-state index contributed by atoms with van der Waals surface area (Å²) in [5.74, 6) is 1.86. The number of rotatable bonds is 2. The molecule has 1 aliphatic rings. The Balaban J connectivity index is 2.92. The highest BCUT2D eigenvalue weighted by molar-refractivity contribution is 6.16. The van der Waals surface area contributed by atoms with Crippen LogP contribution in [0.1, 0.15) is 20.3 Å². The topological polar surface area (TPSA) is 37.4 Å². The van der Waals surface area contributed by atoms with Crippen molar-refractivity contribution < 1.29 is 9.59 Å².